The zero-order valence-electron chi connectivity index (χ0n) is 7.11. The Hall–Kier alpha value is -1.45. The Labute approximate surface area is 70.7 Å². The maximum atomic E-state index is 11.4. The first kappa shape index (κ1) is 7.22. The molecule has 0 atom stereocenters. The molecule has 0 aliphatic heterocycles. The van der Waals surface area contributed by atoms with Crippen LogP contribution in [0.3, 0.4) is 0 Å². The van der Waals surface area contributed by atoms with Gasteiger partial charge in [0.25, 0.3) is 0 Å². The molecule has 0 aliphatic carbocycles. The molecule has 2 rings (SSSR count). The topological polar surface area (TPSA) is 26.9 Å². The summed E-state index contributed by atoms with van der Waals surface area (Å²) in [6.07, 6.45) is 0. The Morgan fingerprint density at radius 2 is 1.83 bits per heavy atom. The number of hydrogen-bond acceptors (Lipinski definition) is 1. The van der Waals surface area contributed by atoms with Crippen LogP contribution in [0, 0.1) is 0 Å². The van der Waals surface area contributed by atoms with Crippen LogP contribution in [-0.2, 0) is 7.05 Å². The predicted octanol–water partition coefficient (Wildman–Crippen LogP) is -0.264. The maximum absolute atomic E-state index is 11.4. The van der Waals surface area contributed by atoms with Crippen molar-refractivity contribution in [3.05, 3.63) is 34.7 Å². The number of rotatable bonds is 0. The Kier molecular flexibility index (Phi) is 1.36. The summed E-state index contributed by atoms with van der Waals surface area (Å²) in [5.74, 6) is 0. The molecule has 0 aliphatic rings. The average molecular weight is 160 g/mol. The van der Waals surface area contributed by atoms with E-state index in [0.717, 1.165) is 11.0 Å². The van der Waals surface area contributed by atoms with Crippen LogP contribution in [0.2, 0.25) is 0 Å². The third-order valence-corrected chi connectivity index (χ3v) is 2.18. The minimum Gasteiger partial charge on any atom is -0.345 e. The van der Waals surface area contributed by atoms with E-state index in [4.69, 9.17) is 0 Å². The summed E-state index contributed by atoms with van der Waals surface area (Å²) in [6.45, 7) is 0. The van der Waals surface area contributed by atoms with E-state index in [1.54, 1.807) is 24.1 Å². The van der Waals surface area contributed by atoms with E-state index in [0.29, 0.717) is 0 Å². The normalized spacial score (nSPS) is 10.8. The zero-order valence-corrected chi connectivity index (χ0v) is 7.11. The number of para-hydroxylation sites is 2. The van der Waals surface area contributed by atoms with E-state index in [1.165, 1.54) is 0 Å². The summed E-state index contributed by atoms with van der Waals surface area (Å²) < 4.78 is 3.30. The molecule has 12 heavy (non-hydrogen) atoms. The molecule has 3 nitrogen and oxygen atoms in total. The second kappa shape index (κ2) is 2.27. The van der Waals surface area contributed by atoms with Crippen molar-refractivity contribution in [2.45, 2.75) is 0 Å². The monoisotopic (exact) mass is 160 g/mol. The van der Waals surface area contributed by atoms with Crippen LogP contribution in [0.25, 0.3) is 11.0 Å². The summed E-state index contributed by atoms with van der Waals surface area (Å²) >= 11 is 0. The minimum atomic E-state index is 0.0243. The standard InChI is InChI=1S/C8H9BN2O/c1-10-6-4-2-3-5-7(6)11(9)8(10)12/h2-5H,9H2,1H3. The zero-order chi connectivity index (χ0) is 8.72. The summed E-state index contributed by atoms with van der Waals surface area (Å²) in [4.78, 5) is 11.4. The summed E-state index contributed by atoms with van der Waals surface area (Å²) in [6, 6.07) is 7.75. The Bertz CT molecular complexity index is 441. The molecule has 0 fully saturated rings. The van der Waals surface area contributed by atoms with Crippen molar-refractivity contribution in [3.63, 3.8) is 0 Å². The van der Waals surface area contributed by atoms with Gasteiger partial charge in [-0.3, -0.25) is 4.57 Å². The molecular weight excluding hydrogens is 151 g/mol. The van der Waals surface area contributed by atoms with E-state index in [9.17, 15) is 4.79 Å². The molecule has 0 unspecified atom stereocenters. The second-order valence-corrected chi connectivity index (χ2v) is 2.89. The lowest BCUT2D eigenvalue weighted by Crippen LogP contribution is -2.20. The van der Waals surface area contributed by atoms with Crippen molar-refractivity contribution in [3.8, 4) is 0 Å². The molecule has 2 aromatic rings. The Balaban J connectivity index is 3.09. The van der Waals surface area contributed by atoms with E-state index in [2.05, 4.69) is 0 Å². The van der Waals surface area contributed by atoms with E-state index in [1.807, 2.05) is 24.3 Å². The summed E-state index contributed by atoms with van der Waals surface area (Å²) in [5, 5.41) is 0. The fourth-order valence-corrected chi connectivity index (χ4v) is 1.46. The van der Waals surface area contributed by atoms with Gasteiger partial charge < -0.3 is 4.48 Å². The molecule has 0 spiro atoms. The highest BCUT2D eigenvalue weighted by molar-refractivity contribution is 6.10. The highest BCUT2D eigenvalue weighted by Crippen LogP contribution is 2.08. The van der Waals surface area contributed by atoms with Crippen molar-refractivity contribution in [1.29, 1.82) is 0 Å². The lowest BCUT2D eigenvalue weighted by Gasteiger charge is -1.91. The molecule has 0 radical (unpaired) electrons. The van der Waals surface area contributed by atoms with Gasteiger partial charge in [0.15, 0.2) is 0 Å². The van der Waals surface area contributed by atoms with E-state index in [-0.39, 0.29) is 5.69 Å². The van der Waals surface area contributed by atoms with Crippen LogP contribution in [0.5, 0.6) is 0 Å². The molecule has 0 amide bonds. The largest absolute Gasteiger partial charge is 0.345 e. The van der Waals surface area contributed by atoms with Gasteiger partial charge in [0, 0.05) is 7.05 Å². The quantitative estimate of drug-likeness (QED) is 0.487. The van der Waals surface area contributed by atoms with Gasteiger partial charge in [0.2, 0.25) is 7.98 Å². The molecule has 1 aromatic carbocycles. The molecule has 0 N–H and O–H groups in total. The average Bonchev–Trinajstić information content (AvgIpc) is 2.33. The first-order valence-corrected chi connectivity index (χ1v) is 3.82. The van der Waals surface area contributed by atoms with Crippen molar-refractivity contribution in [2.75, 3.05) is 0 Å². The molecule has 1 heterocycles. The second-order valence-electron chi connectivity index (χ2n) is 2.89. The third kappa shape index (κ3) is 0.748. The van der Waals surface area contributed by atoms with Gasteiger partial charge in [-0.15, -0.1) is 0 Å². The Morgan fingerprint density at radius 3 is 2.42 bits per heavy atom. The van der Waals surface area contributed by atoms with Crippen LogP contribution < -0.4 is 5.69 Å². The molecular formula is C8H9BN2O. The summed E-state index contributed by atoms with van der Waals surface area (Å²) in [5.41, 5.74) is 1.98. The fourth-order valence-electron chi connectivity index (χ4n) is 1.46. The predicted molar refractivity (Wildman–Crippen MR) is 51.1 cm³/mol. The van der Waals surface area contributed by atoms with E-state index < -0.39 is 0 Å². The van der Waals surface area contributed by atoms with Gasteiger partial charge in [-0.1, -0.05) is 12.1 Å². The van der Waals surface area contributed by atoms with Crippen LogP contribution in [0.1, 0.15) is 0 Å². The number of aromatic nitrogens is 2. The summed E-state index contributed by atoms with van der Waals surface area (Å²) in [7, 11) is 3.56. The molecule has 60 valence electrons. The van der Waals surface area contributed by atoms with Crippen LogP contribution in [0.4, 0.5) is 0 Å². The first-order chi connectivity index (χ1) is 5.72. The van der Waals surface area contributed by atoms with Crippen LogP contribution in [-0.4, -0.2) is 17.0 Å². The Morgan fingerprint density at radius 1 is 1.25 bits per heavy atom. The molecule has 0 bridgehead atoms. The number of benzene rings is 1. The van der Waals surface area contributed by atoms with E-state index >= 15 is 0 Å². The number of nitrogens with zero attached hydrogens (tertiary/aromatic N) is 2. The fraction of sp³-hybridized carbons (Fsp3) is 0.125. The lowest BCUT2D eigenvalue weighted by atomic mass is 10.3. The van der Waals surface area contributed by atoms with Crippen molar-refractivity contribution >= 4 is 19.0 Å². The van der Waals surface area contributed by atoms with Gasteiger partial charge >= 0.3 is 5.69 Å². The van der Waals surface area contributed by atoms with Crippen LogP contribution in [0.15, 0.2) is 29.1 Å². The van der Waals surface area contributed by atoms with Gasteiger partial charge in [-0.2, -0.15) is 0 Å². The number of hydrogen-bond donors (Lipinski definition) is 0. The van der Waals surface area contributed by atoms with Crippen molar-refractivity contribution in [1.82, 2.24) is 9.05 Å². The molecule has 1 aromatic heterocycles. The van der Waals surface area contributed by atoms with Crippen molar-refractivity contribution < 1.29 is 0 Å². The van der Waals surface area contributed by atoms with Gasteiger partial charge in [-0.25, -0.2) is 4.79 Å². The molecule has 4 heteroatoms. The van der Waals surface area contributed by atoms with Gasteiger partial charge in [0.1, 0.15) is 0 Å². The van der Waals surface area contributed by atoms with Gasteiger partial charge in [0.05, 0.1) is 11.0 Å². The highest BCUT2D eigenvalue weighted by Gasteiger charge is 2.04. The minimum absolute atomic E-state index is 0.0243. The molecule has 0 saturated carbocycles. The lowest BCUT2D eigenvalue weighted by molar-refractivity contribution is 0.875. The third-order valence-electron chi connectivity index (χ3n) is 2.18. The first-order valence-electron chi connectivity index (χ1n) is 3.82. The number of aryl methyl sites for hydroxylation is 1. The molecule has 0 saturated heterocycles. The van der Waals surface area contributed by atoms with Crippen molar-refractivity contribution in [2.24, 2.45) is 7.05 Å². The SMILES string of the molecule is Bn1c(=O)n(C)c2ccccc21. The van der Waals surface area contributed by atoms with Crippen LogP contribution >= 0.6 is 0 Å². The number of fused-ring (bicyclic) bond motifs is 1. The highest BCUT2D eigenvalue weighted by atomic mass is 16.1. The maximum Gasteiger partial charge on any atom is 0.316 e. The number of imidazole rings is 1. The smallest absolute Gasteiger partial charge is 0.316 e. The van der Waals surface area contributed by atoms with Gasteiger partial charge in [-0.05, 0) is 12.1 Å².